The number of amides is 1. The van der Waals surface area contributed by atoms with Gasteiger partial charge in [-0.3, -0.25) is 4.79 Å². The van der Waals surface area contributed by atoms with E-state index in [9.17, 15) is 14.7 Å². The van der Waals surface area contributed by atoms with E-state index in [1.54, 1.807) is 30.3 Å². The third-order valence-electron chi connectivity index (χ3n) is 6.36. The van der Waals surface area contributed by atoms with Crippen LogP contribution in [0.4, 0.5) is 11.4 Å². The molecular weight excluding hydrogens is 402 g/mol. The van der Waals surface area contributed by atoms with Crippen LogP contribution in [0.15, 0.2) is 59.2 Å². The molecule has 0 saturated carbocycles. The molecule has 6 heteroatoms. The van der Waals surface area contributed by atoms with E-state index in [0.29, 0.717) is 17.5 Å². The number of aryl methyl sites for hydroxylation is 1. The zero-order chi connectivity index (χ0) is 22.8. The normalized spacial score (nSPS) is 18.2. The van der Waals surface area contributed by atoms with Crippen LogP contribution in [-0.4, -0.2) is 35.8 Å². The fraction of sp³-hybridized carbons (Fsp3) is 0.346. The molecule has 2 aliphatic rings. The number of carbonyl (C=O) groups is 2. The van der Waals surface area contributed by atoms with Crippen molar-refractivity contribution in [1.82, 2.24) is 0 Å². The summed E-state index contributed by atoms with van der Waals surface area (Å²) in [7, 11) is 0. The second-order valence-corrected chi connectivity index (χ2v) is 8.92. The molecule has 32 heavy (non-hydrogen) atoms. The summed E-state index contributed by atoms with van der Waals surface area (Å²) in [5.74, 6) is -0.426. The first-order chi connectivity index (χ1) is 15.3. The molecule has 0 bridgehead atoms. The SMILES string of the molecule is CC(C)C(C)CN1CCCc2cc(/C=C3\C(=O)N(c4ccccc4)N=C3C(=O)O)ccc21. The minimum atomic E-state index is -1.21. The molecule has 1 unspecified atom stereocenters. The number of benzene rings is 2. The average molecular weight is 432 g/mol. The second-order valence-electron chi connectivity index (χ2n) is 8.92. The van der Waals surface area contributed by atoms with Gasteiger partial charge in [-0.25, -0.2) is 4.79 Å². The monoisotopic (exact) mass is 431 g/mol. The number of hydrogen-bond donors (Lipinski definition) is 1. The first-order valence-electron chi connectivity index (χ1n) is 11.2. The van der Waals surface area contributed by atoms with E-state index in [-0.39, 0.29) is 11.3 Å². The zero-order valence-electron chi connectivity index (χ0n) is 18.8. The van der Waals surface area contributed by atoms with Crippen molar-refractivity contribution in [2.24, 2.45) is 16.9 Å². The number of rotatable bonds is 6. The van der Waals surface area contributed by atoms with Gasteiger partial charge in [0.2, 0.25) is 0 Å². The van der Waals surface area contributed by atoms with Crippen LogP contribution in [0.1, 0.15) is 38.3 Å². The first-order valence-corrected chi connectivity index (χ1v) is 11.2. The molecule has 0 aliphatic carbocycles. The van der Waals surface area contributed by atoms with Crippen molar-refractivity contribution in [1.29, 1.82) is 0 Å². The Morgan fingerprint density at radius 1 is 1.16 bits per heavy atom. The van der Waals surface area contributed by atoms with Gasteiger partial charge in [-0.2, -0.15) is 10.1 Å². The van der Waals surface area contributed by atoms with E-state index >= 15 is 0 Å². The lowest BCUT2D eigenvalue weighted by Gasteiger charge is -2.34. The van der Waals surface area contributed by atoms with Crippen LogP contribution in [0, 0.1) is 11.8 Å². The maximum Gasteiger partial charge on any atom is 0.357 e. The van der Waals surface area contributed by atoms with E-state index in [1.807, 2.05) is 12.1 Å². The zero-order valence-corrected chi connectivity index (χ0v) is 18.8. The Hall–Kier alpha value is -3.41. The number of anilines is 2. The van der Waals surface area contributed by atoms with Gasteiger partial charge in [0.1, 0.15) is 0 Å². The van der Waals surface area contributed by atoms with E-state index in [0.717, 1.165) is 36.5 Å². The predicted molar refractivity (Wildman–Crippen MR) is 128 cm³/mol. The standard InChI is InChI=1S/C26H29N3O3/c1-17(2)18(3)16-28-13-7-8-20-14-19(11-12-23(20)28)15-22-24(26(31)32)27-29(25(22)30)21-9-5-4-6-10-21/h4-6,9-12,14-15,17-18H,7-8,13,16H2,1-3H3,(H,31,32)/b22-15-. The smallest absolute Gasteiger partial charge is 0.357 e. The molecule has 2 aromatic carbocycles. The molecule has 0 radical (unpaired) electrons. The maximum absolute atomic E-state index is 13.0. The minimum Gasteiger partial charge on any atom is -0.476 e. The van der Waals surface area contributed by atoms with Crippen molar-refractivity contribution in [3.05, 3.63) is 65.2 Å². The summed E-state index contributed by atoms with van der Waals surface area (Å²) in [4.78, 5) is 27.3. The fourth-order valence-corrected chi connectivity index (χ4v) is 4.15. The van der Waals surface area contributed by atoms with Gasteiger partial charge < -0.3 is 10.0 Å². The third-order valence-corrected chi connectivity index (χ3v) is 6.36. The van der Waals surface area contributed by atoms with E-state index in [1.165, 1.54) is 11.3 Å². The number of carboxylic acid groups (broad SMARTS) is 1. The van der Waals surface area contributed by atoms with Crippen LogP contribution < -0.4 is 9.91 Å². The van der Waals surface area contributed by atoms with Crippen LogP contribution >= 0.6 is 0 Å². The lowest BCUT2D eigenvalue weighted by atomic mass is 9.94. The van der Waals surface area contributed by atoms with Crippen LogP contribution in [0.2, 0.25) is 0 Å². The molecule has 1 N–H and O–H groups in total. The lowest BCUT2D eigenvalue weighted by Crippen LogP contribution is -2.34. The Morgan fingerprint density at radius 3 is 2.59 bits per heavy atom. The van der Waals surface area contributed by atoms with Gasteiger partial charge in [0, 0.05) is 18.8 Å². The molecule has 2 aliphatic heterocycles. The van der Waals surface area contributed by atoms with Gasteiger partial charge >= 0.3 is 5.97 Å². The molecule has 1 amide bonds. The molecule has 0 spiro atoms. The summed E-state index contributed by atoms with van der Waals surface area (Å²) in [5, 5.41) is 14.9. The van der Waals surface area contributed by atoms with E-state index in [2.05, 4.69) is 42.9 Å². The van der Waals surface area contributed by atoms with Crippen molar-refractivity contribution in [3.63, 3.8) is 0 Å². The number of nitrogens with zero attached hydrogens (tertiary/aromatic N) is 3. The Labute approximate surface area is 188 Å². The number of carbonyl (C=O) groups excluding carboxylic acids is 1. The molecule has 6 nitrogen and oxygen atoms in total. The molecule has 0 aromatic heterocycles. The quantitative estimate of drug-likeness (QED) is 0.679. The summed E-state index contributed by atoms with van der Waals surface area (Å²) < 4.78 is 0. The van der Waals surface area contributed by atoms with Gasteiger partial charge in [-0.05, 0) is 66.1 Å². The largest absolute Gasteiger partial charge is 0.476 e. The molecule has 166 valence electrons. The highest BCUT2D eigenvalue weighted by molar-refractivity contribution is 6.53. The number of carboxylic acids is 1. The third kappa shape index (κ3) is 4.31. The highest BCUT2D eigenvalue weighted by Gasteiger charge is 2.35. The Bertz CT molecular complexity index is 1090. The van der Waals surface area contributed by atoms with Gasteiger partial charge in [0.25, 0.3) is 5.91 Å². The summed E-state index contributed by atoms with van der Waals surface area (Å²) >= 11 is 0. The number of hydrazone groups is 1. The van der Waals surface area contributed by atoms with E-state index in [4.69, 9.17) is 0 Å². The van der Waals surface area contributed by atoms with Crippen molar-refractivity contribution >= 4 is 35.0 Å². The number of fused-ring (bicyclic) bond motifs is 1. The summed E-state index contributed by atoms with van der Waals surface area (Å²) in [6, 6.07) is 15.0. The highest BCUT2D eigenvalue weighted by atomic mass is 16.4. The molecule has 1 atom stereocenters. The van der Waals surface area contributed by atoms with Crippen LogP contribution in [0.5, 0.6) is 0 Å². The topological polar surface area (TPSA) is 73.2 Å². The lowest BCUT2D eigenvalue weighted by molar-refractivity contribution is -0.129. The van der Waals surface area contributed by atoms with Crippen molar-refractivity contribution in [2.75, 3.05) is 23.0 Å². The van der Waals surface area contributed by atoms with Crippen LogP contribution in [-0.2, 0) is 16.0 Å². The first kappa shape index (κ1) is 21.8. The fourth-order valence-electron chi connectivity index (χ4n) is 4.15. The molecule has 2 heterocycles. The van der Waals surface area contributed by atoms with Gasteiger partial charge in [0.05, 0.1) is 11.3 Å². The number of para-hydroxylation sites is 1. The van der Waals surface area contributed by atoms with Crippen LogP contribution in [0.3, 0.4) is 0 Å². The molecule has 0 saturated heterocycles. The second kappa shape index (κ2) is 8.99. The number of hydrogen-bond acceptors (Lipinski definition) is 4. The molecular formula is C26H29N3O3. The minimum absolute atomic E-state index is 0.0994. The molecule has 4 rings (SSSR count). The molecule has 2 aromatic rings. The van der Waals surface area contributed by atoms with Gasteiger partial charge in [-0.15, -0.1) is 0 Å². The van der Waals surface area contributed by atoms with Crippen molar-refractivity contribution in [3.8, 4) is 0 Å². The Balaban J connectivity index is 1.64. The van der Waals surface area contributed by atoms with Gasteiger partial charge in [0.15, 0.2) is 5.71 Å². The summed E-state index contributed by atoms with van der Waals surface area (Å²) in [6.07, 6.45) is 3.71. The highest BCUT2D eigenvalue weighted by Crippen LogP contribution is 2.31. The summed E-state index contributed by atoms with van der Waals surface area (Å²) in [6.45, 7) is 8.86. The van der Waals surface area contributed by atoms with E-state index < -0.39 is 11.9 Å². The average Bonchev–Trinajstić information content (AvgIpc) is 3.10. The maximum atomic E-state index is 13.0. The van der Waals surface area contributed by atoms with Gasteiger partial charge in [-0.1, -0.05) is 45.0 Å². The predicted octanol–water partition coefficient (Wildman–Crippen LogP) is 4.60. The van der Waals surface area contributed by atoms with Crippen molar-refractivity contribution < 1.29 is 14.7 Å². The Morgan fingerprint density at radius 2 is 1.91 bits per heavy atom. The molecule has 0 fully saturated rings. The number of aliphatic carboxylic acids is 1. The van der Waals surface area contributed by atoms with Crippen LogP contribution in [0.25, 0.3) is 6.08 Å². The summed E-state index contributed by atoms with van der Waals surface area (Å²) in [5.41, 5.74) is 3.70. The van der Waals surface area contributed by atoms with Crippen molar-refractivity contribution in [2.45, 2.75) is 33.6 Å². The Kier molecular flexibility index (Phi) is 6.12.